The van der Waals surface area contributed by atoms with Gasteiger partial charge in [-0.2, -0.15) is 0 Å². The third kappa shape index (κ3) is 5.96. The SMILES string of the molecule is COP(OC)Oc1cc(C)c(C(C)(C)c2cc(C)c(OP(OC)OC)cc2C)cc1C. The molecule has 0 radical (unpaired) electrons. The Morgan fingerprint density at radius 2 is 0.871 bits per heavy atom. The predicted molar refractivity (Wildman–Crippen MR) is 127 cm³/mol. The molecule has 0 heterocycles. The van der Waals surface area contributed by atoms with Crippen LogP contribution in [0.5, 0.6) is 11.5 Å². The molecule has 0 bridgehead atoms. The van der Waals surface area contributed by atoms with Crippen LogP contribution in [0.1, 0.15) is 47.2 Å². The number of rotatable bonds is 10. The minimum atomic E-state index is -1.40. The molecule has 0 aliphatic carbocycles. The average molecular weight is 468 g/mol. The number of benzene rings is 2. The van der Waals surface area contributed by atoms with Crippen molar-refractivity contribution in [3.63, 3.8) is 0 Å². The van der Waals surface area contributed by atoms with Crippen LogP contribution in [0.2, 0.25) is 0 Å². The zero-order valence-corrected chi connectivity index (χ0v) is 21.9. The van der Waals surface area contributed by atoms with Gasteiger partial charge in [0, 0.05) is 33.9 Å². The molecule has 0 unspecified atom stereocenters. The van der Waals surface area contributed by atoms with Gasteiger partial charge in [0.25, 0.3) is 0 Å². The van der Waals surface area contributed by atoms with Crippen molar-refractivity contribution in [2.75, 3.05) is 28.4 Å². The summed E-state index contributed by atoms with van der Waals surface area (Å²) in [5.41, 5.74) is 6.62. The maximum Gasteiger partial charge on any atom is 0.396 e. The first-order chi connectivity index (χ1) is 14.6. The van der Waals surface area contributed by atoms with Crippen LogP contribution in [0.25, 0.3) is 0 Å². The number of aryl methyl sites for hydroxylation is 4. The molecule has 0 saturated carbocycles. The molecule has 2 aromatic rings. The molecule has 0 fully saturated rings. The van der Waals surface area contributed by atoms with E-state index < -0.39 is 17.2 Å². The van der Waals surface area contributed by atoms with E-state index >= 15 is 0 Å². The van der Waals surface area contributed by atoms with Crippen LogP contribution in [0, 0.1) is 27.7 Å². The van der Waals surface area contributed by atoms with E-state index in [1.165, 1.54) is 11.1 Å². The molecule has 0 spiro atoms. The van der Waals surface area contributed by atoms with Crippen LogP contribution in [-0.4, -0.2) is 28.4 Å². The van der Waals surface area contributed by atoms with E-state index in [1.807, 2.05) is 13.8 Å². The molecule has 0 atom stereocenters. The Labute approximate surface area is 189 Å². The van der Waals surface area contributed by atoms with Crippen LogP contribution in [-0.2, 0) is 23.5 Å². The number of hydrogen-bond acceptors (Lipinski definition) is 6. The fourth-order valence-electron chi connectivity index (χ4n) is 3.73. The van der Waals surface area contributed by atoms with Crippen LogP contribution < -0.4 is 9.05 Å². The molecule has 31 heavy (non-hydrogen) atoms. The molecular formula is C23H34O6P2. The normalized spacial score (nSPS) is 12.0. The van der Waals surface area contributed by atoms with Crippen LogP contribution in [0.4, 0.5) is 0 Å². The topological polar surface area (TPSA) is 55.4 Å². The summed E-state index contributed by atoms with van der Waals surface area (Å²) >= 11 is 0. The second-order valence-corrected chi connectivity index (χ2v) is 10.6. The summed E-state index contributed by atoms with van der Waals surface area (Å²) in [7, 11) is 3.52. The van der Waals surface area contributed by atoms with E-state index in [-0.39, 0.29) is 5.41 Å². The lowest BCUT2D eigenvalue weighted by atomic mass is 9.73. The van der Waals surface area contributed by atoms with E-state index in [9.17, 15) is 0 Å². The lowest BCUT2D eigenvalue weighted by Crippen LogP contribution is -2.22. The molecule has 2 rings (SSSR count). The maximum atomic E-state index is 5.90. The molecule has 0 N–H and O–H groups in total. The van der Waals surface area contributed by atoms with Crippen molar-refractivity contribution in [2.45, 2.75) is 47.0 Å². The van der Waals surface area contributed by atoms with Gasteiger partial charge in [0.1, 0.15) is 11.5 Å². The number of hydrogen-bond donors (Lipinski definition) is 0. The van der Waals surface area contributed by atoms with Crippen molar-refractivity contribution >= 4 is 17.2 Å². The summed E-state index contributed by atoms with van der Waals surface area (Å²) in [6.07, 6.45) is 0. The highest BCUT2D eigenvalue weighted by atomic mass is 31.2. The van der Waals surface area contributed by atoms with Crippen molar-refractivity contribution in [2.24, 2.45) is 0 Å². The lowest BCUT2D eigenvalue weighted by Gasteiger charge is -2.31. The Bertz CT molecular complexity index is 821. The second-order valence-electron chi connectivity index (χ2n) is 7.85. The van der Waals surface area contributed by atoms with Crippen LogP contribution in [0.3, 0.4) is 0 Å². The highest BCUT2D eigenvalue weighted by Crippen LogP contribution is 2.45. The first-order valence-electron chi connectivity index (χ1n) is 9.95. The Hall–Kier alpha value is -1.26. The predicted octanol–water partition coefficient (Wildman–Crippen LogP) is 7.04. The average Bonchev–Trinajstić information content (AvgIpc) is 2.73. The van der Waals surface area contributed by atoms with E-state index in [0.717, 1.165) is 33.8 Å². The first kappa shape index (κ1) is 26.0. The molecule has 172 valence electrons. The van der Waals surface area contributed by atoms with Crippen molar-refractivity contribution in [1.29, 1.82) is 0 Å². The van der Waals surface area contributed by atoms with Gasteiger partial charge in [-0.1, -0.05) is 26.0 Å². The van der Waals surface area contributed by atoms with Crippen LogP contribution in [0.15, 0.2) is 24.3 Å². The second kappa shape index (κ2) is 11.0. The summed E-state index contributed by atoms with van der Waals surface area (Å²) in [4.78, 5) is 0. The van der Waals surface area contributed by atoms with Gasteiger partial charge in [0.15, 0.2) is 0 Å². The van der Waals surface area contributed by atoms with E-state index in [4.69, 9.17) is 27.1 Å². The lowest BCUT2D eigenvalue weighted by molar-refractivity contribution is 0.276. The van der Waals surface area contributed by atoms with Crippen LogP contribution >= 0.6 is 17.2 Å². The van der Waals surface area contributed by atoms with Gasteiger partial charge in [-0.05, 0) is 73.2 Å². The molecule has 0 amide bonds. The molecular weight excluding hydrogens is 434 g/mol. The van der Waals surface area contributed by atoms with Gasteiger partial charge in [-0.25, -0.2) is 0 Å². The summed E-state index contributed by atoms with van der Waals surface area (Å²) in [6.45, 7) is 12.8. The molecule has 0 aliphatic heterocycles. The molecule has 6 nitrogen and oxygen atoms in total. The van der Waals surface area contributed by atoms with Crippen molar-refractivity contribution in [1.82, 2.24) is 0 Å². The van der Waals surface area contributed by atoms with Gasteiger partial charge in [-0.15, -0.1) is 0 Å². The van der Waals surface area contributed by atoms with Gasteiger partial charge in [-0.3, -0.25) is 0 Å². The van der Waals surface area contributed by atoms with Crippen molar-refractivity contribution < 1.29 is 27.1 Å². The smallest absolute Gasteiger partial charge is 0.396 e. The Balaban J connectivity index is 2.45. The monoisotopic (exact) mass is 468 g/mol. The van der Waals surface area contributed by atoms with Crippen molar-refractivity contribution in [3.8, 4) is 11.5 Å². The zero-order chi connectivity index (χ0) is 23.3. The Kier molecular flexibility index (Phi) is 9.27. The van der Waals surface area contributed by atoms with Gasteiger partial charge >= 0.3 is 17.2 Å². The minimum absolute atomic E-state index is 0.221. The standard InChI is InChI=1S/C23H34O6P2/c1-15-13-21(28-30(24-7)25-8)17(3)11-19(15)23(5,6)20-12-18(4)22(14-16(20)2)29-31(26-9)27-10/h11-14H,1-10H3. The fraction of sp³-hybridized carbons (Fsp3) is 0.478. The maximum absolute atomic E-state index is 5.90. The summed E-state index contributed by atoms with van der Waals surface area (Å²) < 4.78 is 32.8. The minimum Gasteiger partial charge on any atom is -0.426 e. The summed E-state index contributed by atoms with van der Waals surface area (Å²) in [6, 6.07) is 8.50. The van der Waals surface area contributed by atoms with Gasteiger partial charge in [0.05, 0.1) is 0 Å². The molecule has 2 aromatic carbocycles. The van der Waals surface area contributed by atoms with E-state index in [0.29, 0.717) is 0 Å². The Morgan fingerprint density at radius 3 is 1.16 bits per heavy atom. The molecule has 0 aliphatic rings. The molecule has 0 aromatic heterocycles. The van der Waals surface area contributed by atoms with Crippen molar-refractivity contribution in [3.05, 3.63) is 57.6 Å². The first-order valence-corrected chi connectivity index (χ1v) is 12.1. The summed E-state index contributed by atoms with van der Waals surface area (Å²) in [5.74, 6) is 1.55. The summed E-state index contributed by atoms with van der Waals surface area (Å²) in [5, 5.41) is 0. The third-order valence-corrected chi connectivity index (χ3v) is 7.22. The molecule has 8 heteroatoms. The Morgan fingerprint density at radius 1 is 0.548 bits per heavy atom. The fourth-order valence-corrected chi connectivity index (χ4v) is 5.04. The van der Waals surface area contributed by atoms with Gasteiger partial charge < -0.3 is 27.1 Å². The van der Waals surface area contributed by atoms with E-state index in [2.05, 4.69) is 52.0 Å². The van der Waals surface area contributed by atoms with Gasteiger partial charge in [0.2, 0.25) is 0 Å². The highest BCUT2D eigenvalue weighted by Gasteiger charge is 2.29. The largest absolute Gasteiger partial charge is 0.426 e. The van der Waals surface area contributed by atoms with E-state index in [1.54, 1.807) is 28.4 Å². The molecule has 0 saturated heterocycles. The quantitative estimate of drug-likeness (QED) is 0.349. The zero-order valence-electron chi connectivity index (χ0n) is 20.2. The highest BCUT2D eigenvalue weighted by molar-refractivity contribution is 7.42. The third-order valence-electron chi connectivity index (χ3n) is 5.33.